The Bertz CT molecular complexity index is 557. The van der Waals surface area contributed by atoms with Gasteiger partial charge in [-0.1, -0.05) is 35.3 Å². The Hall–Kier alpha value is -1.29. The van der Waals surface area contributed by atoms with Crippen molar-refractivity contribution < 1.29 is 9.50 Å². The molecule has 2 N–H and O–H groups in total. The minimum Gasteiger partial charge on any atom is -0.394 e. The van der Waals surface area contributed by atoms with E-state index in [1.165, 1.54) is 12.1 Å². The second-order valence-corrected chi connectivity index (χ2v) is 4.91. The molecule has 0 fully saturated rings. The van der Waals surface area contributed by atoms with E-state index in [1.54, 1.807) is 24.3 Å². The van der Waals surface area contributed by atoms with Gasteiger partial charge in [0.05, 0.1) is 23.4 Å². The summed E-state index contributed by atoms with van der Waals surface area (Å²) >= 11 is 11.8. The van der Waals surface area contributed by atoms with E-state index in [-0.39, 0.29) is 11.6 Å². The van der Waals surface area contributed by atoms with Crippen molar-refractivity contribution >= 4 is 28.9 Å². The lowest BCUT2D eigenvalue weighted by Gasteiger charge is -2.19. The van der Waals surface area contributed by atoms with Crippen molar-refractivity contribution in [2.24, 2.45) is 0 Å². The van der Waals surface area contributed by atoms with Crippen LogP contribution in [-0.4, -0.2) is 11.7 Å². The van der Waals surface area contributed by atoms with Crippen LogP contribution >= 0.6 is 23.2 Å². The van der Waals surface area contributed by atoms with Gasteiger partial charge in [-0.15, -0.1) is 0 Å². The first-order chi connectivity index (χ1) is 9.10. The summed E-state index contributed by atoms with van der Waals surface area (Å²) in [6.45, 7) is -0.203. The van der Waals surface area contributed by atoms with Crippen molar-refractivity contribution in [3.05, 3.63) is 63.9 Å². The zero-order chi connectivity index (χ0) is 13.8. The lowest BCUT2D eigenvalue weighted by molar-refractivity contribution is 0.276. The predicted octanol–water partition coefficient (Wildman–Crippen LogP) is 4.28. The zero-order valence-corrected chi connectivity index (χ0v) is 11.4. The zero-order valence-electron chi connectivity index (χ0n) is 9.91. The molecule has 2 aromatic rings. The van der Waals surface area contributed by atoms with Gasteiger partial charge in [0.2, 0.25) is 0 Å². The number of aliphatic hydroxyl groups is 1. The van der Waals surface area contributed by atoms with Crippen molar-refractivity contribution in [3.8, 4) is 0 Å². The monoisotopic (exact) mass is 299 g/mol. The highest BCUT2D eigenvalue weighted by molar-refractivity contribution is 6.33. The van der Waals surface area contributed by atoms with Crippen LogP contribution in [0.1, 0.15) is 11.6 Å². The van der Waals surface area contributed by atoms with Crippen molar-refractivity contribution in [3.63, 3.8) is 0 Å². The molecule has 19 heavy (non-hydrogen) atoms. The van der Waals surface area contributed by atoms with E-state index in [0.717, 1.165) is 0 Å². The Morgan fingerprint density at radius 3 is 2.53 bits per heavy atom. The summed E-state index contributed by atoms with van der Waals surface area (Å²) in [5.74, 6) is -0.443. The molecule has 1 atom stereocenters. The Morgan fingerprint density at radius 1 is 1.16 bits per heavy atom. The van der Waals surface area contributed by atoms with E-state index in [9.17, 15) is 9.50 Å². The van der Waals surface area contributed by atoms with Gasteiger partial charge >= 0.3 is 0 Å². The van der Waals surface area contributed by atoms with E-state index in [4.69, 9.17) is 23.2 Å². The van der Waals surface area contributed by atoms with Crippen LogP contribution in [0, 0.1) is 5.82 Å². The van der Waals surface area contributed by atoms with Gasteiger partial charge in [0.25, 0.3) is 0 Å². The fourth-order valence-electron chi connectivity index (χ4n) is 1.78. The predicted molar refractivity (Wildman–Crippen MR) is 76.3 cm³/mol. The molecule has 0 amide bonds. The summed E-state index contributed by atoms with van der Waals surface area (Å²) < 4.78 is 13.3. The molecule has 0 saturated carbocycles. The molecule has 0 bridgehead atoms. The summed E-state index contributed by atoms with van der Waals surface area (Å²) in [5.41, 5.74) is 1.23. The first-order valence-corrected chi connectivity index (χ1v) is 6.43. The number of anilines is 1. The van der Waals surface area contributed by atoms with Gasteiger partial charge < -0.3 is 10.4 Å². The number of hydrogen-bond acceptors (Lipinski definition) is 2. The summed E-state index contributed by atoms with van der Waals surface area (Å²) in [4.78, 5) is 0. The molecule has 1 unspecified atom stereocenters. The summed E-state index contributed by atoms with van der Waals surface area (Å²) in [5, 5.41) is 13.3. The van der Waals surface area contributed by atoms with Crippen LogP contribution in [0.25, 0.3) is 0 Å². The minimum absolute atomic E-state index is 0.203. The fourth-order valence-corrected chi connectivity index (χ4v) is 2.20. The first-order valence-electron chi connectivity index (χ1n) is 5.68. The summed E-state index contributed by atoms with van der Waals surface area (Å²) in [6, 6.07) is 10.8. The lowest BCUT2D eigenvalue weighted by atomic mass is 10.1. The van der Waals surface area contributed by atoms with Gasteiger partial charge in [0, 0.05) is 5.02 Å². The third kappa shape index (κ3) is 3.60. The summed E-state index contributed by atoms with van der Waals surface area (Å²) in [7, 11) is 0. The van der Waals surface area contributed by atoms with Crippen LogP contribution in [0.2, 0.25) is 10.0 Å². The molecule has 0 spiro atoms. The molecule has 2 rings (SSSR count). The smallest absolute Gasteiger partial charge is 0.125 e. The van der Waals surface area contributed by atoms with Gasteiger partial charge in [0.15, 0.2) is 0 Å². The molecular weight excluding hydrogens is 288 g/mol. The number of benzene rings is 2. The Morgan fingerprint density at radius 2 is 1.89 bits per heavy atom. The van der Waals surface area contributed by atoms with E-state index >= 15 is 0 Å². The molecule has 0 radical (unpaired) electrons. The molecule has 2 nitrogen and oxygen atoms in total. The number of aliphatic hydroxyl groups excluding tert-OH is 1. The van der Waals surface area contributed by atoms with Crippen LogP contribution in [0.3, 0.4) is 0 Å². The lowest BCUT2D eigenvalue weighted by Crippen LogP contribution is -2.15. The van der Waals surface area contributed by atoms with Crippen LogP contribution in [0.4, 0.5) is 10.1 Å². The number of para-hydroxylation sites is 1. The SMILES string of the molecule is OCC(Nc1ccccc1Cl)c1cc(F)cc(Cl)c1. The van der Waals surface area contributed by atoms with E-state index in [1.807, 2.05) is 6.07 Å². The van der Waals surface area contributed by atoms with Crippen molar-refractivity contribution in [2.75, 3.05) is 11.9 Å². The number of rotatable bonds is 4. The largest absolute Gasteiger partial charge is 0.394 e. The Kier molecular flexibility index (Phi) is 4.64. The number of nitrogens with one attached hydrogen (secondary N) is 1. The topological polar surface area (TPSA) is 32.3 Å². The quantitative estimate of drug-likeness (QED) is 0.883. The maximum absolute atomic E-state index is 13.3. The maximum atomic E-state index is 13.3. The molecule has 2 aromatic carbocycles. The van der Waals surface area contributed by atoms with Gasteiger partial charge in [-0.3, -0.25) is 0 Å². The standard InChI is InChI=1S/C14H12Cl2FNO/c15-10-5-9(6-11(17)7-10)14(8-19)18-13-4-2-1-3-12(13)16/h1-7,14,18-19H,8H2. The van der Waals surface area contributed by atoms with E-state index in [2.05, 4.69) is 5.32 Å². The second-order valence-electron chi connectivity index (χ2n) is 4.06. The van der Waals surface area contributed by atoms with Crippen molar-refractivity contribution in [1.29, 1.82) is 0 Å². The Labute approximate surface area is 120 Å². The third-order valence-electron chi connectivity index (χ3n) is 2.67. The fraction of sp³-hybridized carbons (Fsp3) is 0.143. The summed E-state index contributed by atoms with van der Waals surface area (Å²) in [6.07, 6.45) is 0. The average molecular weight is 300 g/mol. The van der Waals surface area contributed by atoms with Gasteiger partial charge in [-0.2, -0.15) is 0 Å². The van der Waals surface area contributed by atoms with Crippen molar-refractivity contribution in [1.82, 2.24) is 0 Å². The molecule has 5 heteroatoms. The molecule has 0 saturated heterocycles. The maximum Gasteiger partial charge on any atom is 0.125 e. The van der Waals surface area contributed by atoms with Crippen LogP contribution in [-0.2, 0) is 0 Å². The molecule has 0 aromatic heterocycles. The van der Waals surface area contributed by atoms with E-state index < -0.39 is 11.9 Å². The normalized spacial score (nSPS) is 12.2. The molecular formula is C14H12Cl2FNO. The number of halogens is 3. The first kappa shape index (κ1) is 14.1. The van der Waals surface area contributed by atoms with Gasteiger partial charge in [-0.25, -0.2) is 4.39 Å². The van der Waals surface area contributed by atoms with E-state index in [0.29, 0.717) is 16.3 Å². The molecule has 0 aliphatic heterocycles. The highest BCUT2D eigenvalue weighted by Crippen LogP contribution is 2.27. The molecule has 0 heterocycles. The number of hydrogen-bond donors (Lipinski definition) is 2. The third-order valence-corrected chi connectivity index (χ3v) is 3.22. The van der Waals surface area contributed by atoms with Crippen LogP contribution < -0.4 is 5.32 Å². The highest BCUT2D eigenvalue weighted by Gasteiger charge is 2.13. The average Bonchev–Trinajstić information content (AvgIpc) is 2.36. The van der Waals surface area contributed by atoms with Crippen molar-refractivity contribution in [2.45, 2.75) is 6.04 Å². The van der Waals surface area contributed by atoms with Crippen LogP contribution in [0.15, 0.2) is 42.5 Å². The molecule has 100 valence electrons. The Balaban J connectivity index is 2.28. The molecule has 0 aliphatic rings. The highest BCUT2D eigenvalue weighted by atomic mass is 35.5. The second kappa shape index (κ2) is 6.24. The molecule has 0 aliphatic carbocycles. The van der Waals surface area contributed by atoms with Gasteiger partial charge in [-0.05, 0) is 35.9 Å². The minimum atomic E-state index is -0.479. The van der Waals surface area contributed by atoms with Crippen LogP contribution in [0.5, 0.6) is 0 Å². The van der Waals surface area contributed by atoms with Gasteiger partial charge in [0.1, 0.15) is 5.82 Å².